The van der Waals surface area contributed by atoms with Crippen LogP contribution in [-0.2, 0) is 23.0 Å². The highest BCUT2D eigenvalue weighted by Gasteiger charge is 2.11. The quantitative estimate of drug-likeness (QED) is 0.864. The lowest BCUT2D eigenvalue weighted by atomic mass is 10.2. The molecule has 2 heterocycles. The van der Waals surface area contributed by atoms with Crippen molar-refractivity contribution in [3.8, 4) is 11.5 Å². The van der Waals surface area contributed by atoms with E-state index in [0.29, 0.717) is 12.4 Å². The van der Waals surface area contributed by atoms with E-state index in [1.807, 2.05) is 18.3 Å². The number of imidazole rings is 1. The second-order valence-electron chi connectivity index (χ2n) is 4.37. The summed E-state index contributed by atoms with van der Waals surface area (Å²) in [5, 5.41) is 0. The number of nitrogens with one attached hydrogen (secondary N) is 1. The fourth-order valence-electron chi connectivity index (χ4n) is 1.81. The smallest absolute Gasteiger partial charge is 0.213 e. The summed E-state index contributed by atoms with van der Waals surface area (Å²) in [4.78, 5) is 8.62. The maximum atomic E-state index is 11.5. The van der Waals surface area contributed by atoms with Crippen LogP contribution in [0, 0.1) is 0 Å². The molecule has 0 bridgehead atoms. The monoisotopic (exact) mass is 294 g/mol. The molecule has 7 heteroatoms. The van der Waals surface area contributed by atoms with Crippen LogP contribution in [0.1, 0.15) is 12.5 Å². The Bertz CT molecular complexity index is 662. The van der Waals surface area contributed by atoms with E-state index < -0.39 is 10.0 Å². The highest BCUT2D eigenvalue weighted by atomic mass is 32.2. The van der Waals surface area contributed by atoms with Crippen LogP contribution >= 0.6 is 0 Å². The van der Waals surface area contributed by atoms with Crippen molar-refractivity contribution in [3.63, 3.8) is 0 Å². The average molecular weight is 294 g/mol. The largest absolute Gasteiger partial charge is 0.329 e. The van der Waals surface area contributed by atoms with Crippen molar-refractivity contribution in [1.29, 1.82) is 0 Å². The van der Waals surface area contributed by atoms with E-state index in [1.54, 1.807) is 17.0 Å². The van der Waals surface area contributed by atoms with Crippen LogP contribution < -0.4 is 4.72 Å². The Kier molecular flexibility index (Phi) is 4.51. The van der Waals surface area contributed by atoms with Gasteiger partial charge in [-0.15, -0.1) is 0 Å². The van der Waals surface area contributed by atoms with Gasteiger partial charge < -0.3 is 4.57 Å². The van der Waals surface area contributed by atoms with Crippen LogP contribution in [0.15, 0.2) is 30.7 Å². The van der Waals surface area contributed by atoms with E-state index in [1.165, 1.54) is 7.05 Å². The maximum Gasteiger partial charge on any atom is 0.213 e. The van der Waals surface area contributed by atoms with Gasteiger partial charge in [0.1, 0.15) is 5.69 Å². The highest BCUT2D eigenvalue weighted by molar-refractivity contribution is 7.89. The third-order valence-corrected chi connectivity index (χ3v) is 4.43. The molecule has 0 radical (unpaired) electrons. The van der Waals surface area contributed by atoms with Gasteiger partial charge in [0.05, 0.1) is 5.75 Å². The van der Waals surface area contributed by atoms with Gasteiger partial charge in [0.2, 0.25) is 10.0 Å². The van der Waals surface area contributed by atoms with Gasteiger partial charge in [0, 0.05) is 25.1 Å². The molecule has 0 spiro atoms. The lowest BCUT2D eigenvalue weighted by Gasteiger charge is -2.08. The predicted molar refractivity (Wildman–Crippen MR) is 77.7 cm³/mol. The molecular weight excluding hydrogens is 276 g/mol. The van der Waals surface area contributed by atoms with Crippen molar-refractivity contribution in [2.24, 2.45) is 0 Å². The lowest BCUT2D eigenvalue weighted by Crippen LogP contribution is -2.24. The molecule has 0 amide bonds. The molecule has 2 aromatic heterocycles. The van der Waals surface area contributed by atoms with E-state index in [-0.39, 0.29) is 5.75 Å². The van der Waals surface area contributed by atoms with Gasteiger partial charge >= 0.3 is 0 Å². The Balaban J connectivity index is 2.19. The summed E-state index contributed by atoms with van der Waals surface area (Å²) >= 11 is 0. The molecule has 0 aromatic carbocycles. The number of hydrogen-bond acceptors (Lipinski definition) is 4. The SMILES string of the molecule is CCc1ccc(-c2nccn2CCS(=O)(=O)NC)nc1. The summed E-state index contributed by atoms with van der Waals surface area (Å²) in [5.74, 6) is 0.693. The molecule has 1 N–H and O–H groups in total. The Hall–Kier alpha value is -1.73. The molecule has 0 unspecified atom stereocenters. The van der Waals surface area contributed by atoms with Crippen molar-refractivity contribution in [3.05, 3.63) is 36.3 Å². The van der Waals surface area contributed by atoms with Crippen LogP contribution in [0.5, 0.6) is 0 Å². The molecule has 0 aliphatic rings. The van der Waals surface area contributed by atoms with Crippen molar-refractivity contribution in [2.45, 2.75) is 19.9 Å². The van der Waals surface area contributed by atoms with E-state index in [0.717, 1.165) is 17.7 Å². The first-order valence-electron chi connectivity index (χ1n) is 6.43. The van der Waals surface area contributed by atoms with Crippen molar-refractivity contribution < 1.29 is 8.42 Å². The van der Waals surface area contributed by atoms with Crippen molar-refractivity contribution in [1.82, 2.24) is 19.3 Å². The second kappa shape index (κ2) is 6.15. The topological polar surface area (TPSA) is 76.9 Å². The Morgan fingerprint density at radius 2 is 2.10 bits per heavy atom. The van der Waals surface area contributed by atoms with Gasteiger partial charge in [-0.05, 0) is 25.1 Å². The van der Waals surface area contributed by atoms with E-state index in [2.05, 4.69) is 21.6 Å². The van der Waals surface area contributed by atoms with Crippen LogP contribution in [-0.4, -0.2) is 35.8 Å². The van der Waals surface area contributed by atoms with Crippen LogP contribution in [0.3, 0.4) is 0 Å². The van der Waals surface area contributed by atoms with E-state index in [4.69, 9.17) is 0 Å². The molecule has 0 atom stereocenters. The van der Waals surface area contributed by atoms with Gasteiger partial charge in [-0.3, -0.25) is 4.98 Å². The number of nitrogens with zero attached hydrogens (tertiary/aromatic N) is 3. The first-order chi connectivity index (χ1) is 9.55. The first-order valence-corrected chi connectivity index (χ1v) is 8.08. The molecule has 0 aliphatic carbocycles. The zero-order valence-corrected chi connectivity index (χ0v) is 12.4. The van der Waals surface area contributed by atoms with Crippen molar-refractivity contribution in [2.75, 3.05) is 12.8 Å². The highest BCUT2D eigenvalue weighted by Crippen LogP contribution is 2.15. The van der Waals surface area contributed by atoms with Gasteiger partial charge in [-0.2, -0.15) is 0 Å². The fourth-order valence-corrected chi connectivity index (χ4v) is 2.45. The normalized spacial score (nSPS) is 11.7. The Labute approximate surface area is 118 Å². The van der Waals surface area contributed by atoms with Gasteiger partial charge in [-0.1, -0.05) is 13.0 Å². The minimum atomic E-state index is -3.22. The third-order valence-electron chi connectivity index (χ3n) is 3.09. The average Bonchev–Trinajstić information content (AvgIpc) is 2.94. The minimum Gasteiger partial charge on any atom is -0.329 e. The van der Waals surface area contributed by atoms with E-state index >= 15 is 0 Å². The number of hydrogen-bond donors (Lipinski definition) is 1. The van der Waals surface area contributed by atoms with Gasteiger partial charge in [0.25, 0.3) is 0 Å². The second-order valence-corrected chi connectivity index (χ2v) is 6.42. The van der Waals surface area contributed by atoms with Gasteiger partial charge in [0.15, 0.2) is 5.82 Å². The standard InChI is InChI=1S/C13H18N4O2S/c1-3-11-4-5-12(16-10-11)13-15-6-7-17(13)8-9-20(18,19)14-2/h4-7,10,14H,3,8-9H2,1-2H3. The third kappa shape index (κ3) is 3.43. The molecule has 2 rings (SSSR count). The summed E-state index contributed by atoms with van der Waals surface area (Å²) in [5.41, 5.74) is 1.90. The summed E-state index contributed by atoms with van der Waals surface area (Å²) in [6.45, 7) is 2.41. The lowest BCUT2D eigenvalue weighted by molar-refractivity contribution is 0.581. The predicted octanol–water partition coefficient (Wildman–Crippen LogP) is 1.06. The van der Waals surface area contributed by atoms with Gasteiger partial charge in [-0.25, -0.2) is 18.1 Å². The first kappa shape index (κ1) is 14.7. The van der Waals surface area contributed by atoms with Crippen molar-refractivity contribution >= 4 is 10.0 Å². The zero-order valence-electron chi connectivity index (χ0n) is 11.6. The molecule has 20 heavy (non-hydrogen) atoms. The molecular formula is C13H18N4O2S. The summed E-state index contributed by atoms with van der Waals surface area (Å²) in [7, 11) is -1.81. The van der Waals surface area contributed by atoms with E-state index in [9.17, 15) is 8.42 Å². The van der Waals surface area contributed by atoms with Crippen LogP contribution in [0.25, 0.3) is 11.5 Å². The minimum absolute atomic E-state index is 0.0138. The number of pyridine rings is 1. The Morgan fingerprint density at radius 1 is 1.30 bits per heavy atom. The molecule has 0 saturated carbocycles. The molecule has 0 aliphatic heterocycles. The molecule has 0 fully saturated rings. The number of sulfonamides is 1. The summed E-state index contributed by atoms with van der Waals surface area (Å²) in [6.07, 6.45) is 6.16. The van der Waals surface area contributed by atoms with Crippen LogP contribution in [0.2, 0.25) is 0 Å². The maximum absolute atomic E-state index is 11.5. The molecule has 108 valence electrons. The molecule has 2 aromatic rings. The summed E-state index contributed by atoms with van der Waals surface area (Å²) < 4.78 is 27.0. The molecule has 6 nitrogen and oxygen atoms in total. The zero-order chi connectivity index (χ0) is 14.6. The molecule has 0 saturated heterocycles. The summed E-state index contributed by atoms with van der Waals surface area (Å²) in [6, 6.07) is 3.91. The van der Waals surface area contributed by atoms with Crippen LogP contribution in [0.4, 0.5) is 0 Å². The number of aromatic nitrogens is 3. The fraction of sp³-hybridized carbons (Fsp3) is 0.385. The Morgan fingerprint density at radius 3 is 2.70 bits per heavy atom. The number of aryl methyl sites for hydroxylation is 2. The number of rotatable bonds is 6.